The summed E-state index contributed by atoms with van der Waals surface area (Å²) in [4.78, 5) is 0. The lowest BCUT2D eigenvalue weighted by atomic mass is 9.71. The summed E-state index contributed by atoms with van der Waals surface area (Å²) >= 11 is 0. The van der Waals surface area contributed by atoms with E-state index < -0.39 is 30.3 Å². The van der Waals surface area contributed by atoms with Gasteiger partial charge in [-0.15, -0.1) is 0 Å². The first-order valence-electron chi connectivity index (χ1n) is 5.44. The maximum absolute atomic E-state index is 12.5. The Balaban J connectivity index is 2.90. The van der Waals surface area contributed by atoms with Crippen molar-refractivity contribution in [1.29, 1.82) is 0 Å². The molecular formula is C11H14F6O. The van der Waals surface area contributed by atoms with Crippen LogP contribution in [-0.2, 0) is 0 Å². The van der Waals surface area contributed by atoms with E-state index in [9.17, 15) is 26.3 Å². The van der Waals surface area contributed by atoms with Crippen molar-refractivity contribution in [3.63, 3.8) is 0 Å². The van der Waals surface area contributed by atoms with Crippen LogP contribution in [0.2, 0.25) is 0 Å². The Kier molecular flexibility index (Phi) is 3.78. The van der Waals surface area contributed by atoms with Crippen LogP contribution in [0.15, 0.2) is 12.2 Å². The molecule has 18 heavy (non-hydrogen) atoms. The van der Waals surface area contributed by atoms with E-state index in [0.29, 0.717) is 0 Å². The van der Waals surface area contributed by atoms with E-state index in [1.165, 1.54) is 6.92 Å². The van der Waals surface area contributed by atoms with Crippen LogP contribution in [-0.4, -0.2) is 23.1 Å². The minimum Gasteiger partial charge on any atom is -0.374 e. The van der Waals surface area contributed by atoms with Gasteiger partial charge in [0.2, 0.25) is 0 Å². The van der Waals surface area contributed by atoms with Gasteiger partial charge in [-0.1, -0.05) is 26.0 Å². The molecule has 0 saturated heterocycles. The van der Waals surface area contributed by atoms with Gasteiger partial charge in [-0.2, -0.15) is 26.3 Å². The van der Waals surface area contributed by atoms with Crippen LogP contribution >= 0.6 is 0 Å². The normalized spacial score (nSPS) is 26.9. The summed E-state index contributed by atoms with van der Waals surface area (Å²) in [5.74, 6) is -1.33. The zero-order valence-electron chi connectivity index (χ0n) is 9.81. The van der Waals surface area contributed by atoms with Gasteiger partial charge in [-0.05, 0) is 24.2 Å². The van der Waals surface area contributed by atoms with Gasteiger partial charge in [0.1, 0.15) is 0 Å². The van der Waals surface area contributed by atoms with Crippen LogP contribution < -0.4 is 0 Å². The van der Waals surface area contributed by atoms with Crippen LogP contribution in [0.4, 0.5) is 26.3 Å². The van der Waals surface area contributed by atoms with E-state index in [0.717, 1.165) is 0 Å². The standard InChI is InChI=1S/C11H14F6O/c1-6-3-4-8(6)7(2)5-9(18,10(12,13)14)11(15,16)17/h3-4,6-8,18H,5H2,1-2H3/t6-,7+,8?/m1/s1. The maximum Gasteiger partial charge on any atom is 0.426 e. The lowest BCUT2D eigenvalue weighted by molar-refractivity contribution is -0.373. The Labute approximate surface area is 100 Å². The number of halogens is 6. The van der Waals surface area contributed by atoms with Gasteiger partial charge < -0.3 is 5.11 Å². The van der Waals surface area contributed by atoms with E-state index in [1.54, 1.807) is 19.1 Å². The lowest BCUT2D eigenvalue weighted by Crippen LogP contribution is -2.58. The van der Waals surface area contributed by atoms with Crippen LogP contribution in [0.5, 0.6) is 0 Å². The number of hydrogen-bond acceptors (Lipinski definition) is 1. The topological polar surface area (TPSA) is 20.2 Å². The highest BCUT2D eigenvalue weighted by Crippen LogP contribution is 2.48. The van der Waals surface area contributed by atoms with Crippen molar-refractivity contribution in [2.45, 2.75) is 38.2 Å². The molecule has 0 amide bonds. The van der Waals surface area contributed by atoms with Crippen molar-refractivity contribution in [2.75, 3.05) is 0 Å². The van der Waals surface area contributed by atoms with Crippen molar-refractivity contribution in [3.05, 3.63) is 12.2 Å². The van der Waals surface area contributed by atoms with Gasteiger partial charge in [0, 0.05) is 0 Å². The second-order valence-electron chi connectivity index (χ2n) is 4.86. The molecule has 0 heterocycles. The fourth-order valence-corrected chi connectivity index (χ4v) is 2.16. The summed E-state index contributed by atoms with van der Waals surface area (Å²) in [6.45, 7) is 2.99. The molecule has 0 radical (unpaired) electrons. The monoisotopic (exact) mass is 276 g/mol. The van der Waals surface area contributed by atoms with E-state index in [4.69, 9.17) is 5.11 Å². The molecule has 106 valence electrons. The summed E-state index contributed by atoms with van der Waals surface area (Å²) in [7, 11) is 0. The predicted octanol–water partition coefficient (Wildman–Crippen LogP) is 3.69. The van der Waals surface area contributed by atoms with E-state index >= 15 is 0 Å². The first-order valence-corrected chi connectivity index (χ1v) is 5.44. The molecule has 0 spiro atoms. The van der Waals surface area contributed by atoms with Crippen LogP contribution in [0.1, 0.15) is 20.3 Å². The van der Waals surface area contributed by atoms with Crippen molar-refractivity contribution >= 4 is 0 Å². The second kappa shape index (κ2) is 4.43. The average Bonchev–Trinajstić information content (AvgIpc) is 2.11. The number of alkyl halides is 6. The molecule has 0 bridgehead atoms. The molecular weight excluding hydrogens is 262 g/mol. The predicted molar refractivity (Wildman–Crippen MR) is 52.6 cm³/mol. The van der Waals surface area contributed by atoms with E-state index in [1.807, 2.05) is 0 Å². The highest BCUT2D eigenvalue weighted by Gasteiger charge is 2.70. The molecule has 7 heteroatoms. The number of aliphatic hydroxyl groups is 1. The molecule has 1 nitrogen and oxygen atoms in total. The van der Waals surface area contributed by atoms with Crippen molar-refractivity contribution in [1.82, 2.24) is 0 Å². The number of hydrogen-bond donors (Lipinski definition) is 1. The minimum absolute atomic E-state index is 0.0642. The molecule has 0 aromatic carbocycles. The fourth-order valence-electron chi connectivity index (χ4n) is 2.16. The van der Waals surface area contributed by atoms with Gasteiger partial charge >= 0.3 is 12.4 Å². The minimum atomic E-state index is -5.73. The largest absolute Gasteiger partial charge is 0.426 e. The van der Waals surface area contributed by atoms with Crippen LogP contribution in [0.25, 0.3) is 0 Å². The summed E-state index contributed by atoms with van der Waals surface area (Å²) in [5.41, 5.74) is -4.64. The molecule has 1 aliphatic rings. The summed E-state index contributed by atoms with van der Waals surface area (Å²) < 4.78 is 74.7. The van der Waals surface area contributed by atoms with Gasteiger partial charge in [0.05, 0.1) is 0 Å². The van der Waals surface area contributed by atoms with Crippen molar-refractivity contribution in [3.8, 4) is 0 Å². The zero-order valence-corrected chi connectivity index (χ0v) is 9.81. The molecule has 0 aromatic heterocycles. The Hall–Kier alpha value is -0.720. The first kappa shape index (κ1) is 15.3. The molecule has 3 atom stereocenters. The molecule has 0 fully saturated rings. The first-order chi connectivity index (χ1) is 7.90. The van der Waals surface area contributed by atoms with Crippen LogP contribution in [0, 0.1) is 17.8 Å². The quantitative estimate of drug-likeness (QED) is 0.615. The van der Waals surface area contributed by atoms with Gasteiger partial charge in [0.25, 0.3) is 5.60 Å². The molecule has 0 saturated carbocycles. The SMILES string of the molecule is C[C@@H]1C=CC1[C@@H](C)CC(O)(C(F)(F)F)C(F)(F)F. The molecule has 1 rings (SSSR count). The van der Waals surface area contributed by atoms with Gasteiger partial charge in [0.15, 0.2) is 0 Å². The van der Waals surface area contributed by atoms with E-state index in [2.05, 4.69) is 0 Å². The molecule has 1 aliphatic carbocycles. The second-order valence-corrected chi connectivity index (χ2v) is 4.86. The van der Waals surface area contributed by atoms with Crippen LogP contribution in [0.3, 0.4) is 0 Å². The Morgan fingerprint density at radius 3 is 1.72 bits per heavy atom. The van der Waals surface area contributed by atoms with E-state index in [-0.39, 0.29) is 11.8 Å². The Bertz CT molecular complexity index is 315. The third-order valence-electron chi connectivity index (χ3n) is 3.46. The van der Waals surface area contributed by atoms with Gasteiger partial charge in [-0.3, -0.25) is 0 Å². The summed E-state index contributed by atoms with van der Waals surface area (Å²) in [6, 6.07) is 0. The highest BCUT2D eigenvalue weighted by molar-refractivity contribution is 5.10. The molecule has 1 N–H and O–H groups in total. The maximum atomic E-state index is 12.5. The number of rotatable bonds is 3. The molecule has 1 unspecified atom stereocenters. The summed E-state index contributed by atoms with van der Waals surface area (Å²) in [6.07, 6.45) is -9.55. The zero-order chi connectivity index (χ0) is 14.4. The smallest absolute Gasteiger partial charge is 0.374 e. The van der Waals surface area contributed by atoms with Gasteiger partial charge in [-0.25, -0.2) is 0 Å². The third kappa shape index (κ3) is 2.50. The fraction of sp³-hybridized carbons (Fsp3) is 0.818. The highest BCUT2D eigenvalue weighted by atomic mass is 19.4. The third-order valence-corrected chi connectivity index (χ3v) is 3.46. The van der Waals surface area contributed by atoms with Crippen molar-refractivity contribution < 1.29 is 31.4 Å². The number of allylic oxidation sites excluding steroid dienone is 2. The summed E-state index contributed by atoms with van der Waals surface area (Å²) in [5, 5.41) is 9.04. The average molecular weight is 276 g/mol. The Morgan fingerprint density at radius 2 is 1.50 bits per heavy atom. The Morgan fingerprint density at radius 1 is 1.06 bits per heavy atom. The molecule has 0 aromatic rings. The lowest BCUT2D eigenvalue weighted by Gasteiger charge is -2.39. The van der Waals surface area contributed by atoms with Crippen molar-refractivity contribution in [2.24, 2.45) is 17.8 Å². The molecule has 0 aliphatic heterocycles.